The van der Waals surface area contributed by atoms with E-state index in [4.69, 9.17) is 5.11 Å². The Morgan fingerprint density at radius 3 is 2.57 bits per heavy atom. The Morgan fingerprint density at radius 2 is 1.95 bits per heavy atom. The molecule has 0 saturated heterocycles. The van der Waals surface area contributed by atoms with Crippen molar-refractivity contribution in [2.45, 2.75) is 13.0 Å². The van der Waals surface area contributed by atoms with Crippen LogP contribution in [0.1, 0.15) is 18.5 Å². The average molecular weight is 294 g/mol. The number of nitrogens with zero attached hydrogens (tertiary/aromatic N) is 1. The van der Waals surface area contributed by atoms with Crippen molar-refractivity contribution < 1.29 is 18.8 Å². The standard InChI is InChI=1S/C14H12F2N2O3/c1-8(11-4-3-10(19)7-12(11)16)17-13-6-9(15)2-5-14(13)18(20)21/h2-8,17,19H,1H3. The topological polar surface area (TPSA) is 75.4 Å². The molecule has 0 radical (unpaired) electrons. The van der Waals surface area contributed by atoms with E-state index in [1.807, 2.05) is 0 Å². The molecule has 5 nitrogen and oxygen atoms in total. The Bertz CT molecular complexity index is 692. The molecule has 7 heteroatoms. The van der Waals surface area contributed by atoms with Gasteiger partial charge in [-0.15, -0.1) is 0 Å². The second-order valence-electron chi connectivity index (χ2n) is 4.49. The number of rotatable bonds is 4. The molecule has 2 aromatic carbocycles. The molecule has 0 heterocycles. The first-order chi connectivity index (χ1) is 9.88. The van der Waals surface area contributed by atoms with E-state index in [-0.39, 0.29) is 22.7 Å². The highest BCUT2D eigenvalue weighted by Crippen LogP contribution is 2.30. The number of nitro benzene ring substituents is 1. The third-order valence-corrected chi connectivity index (χ3v) is 2.98. The van der Waals surface area contributed by atoms with E-state index in [0.29, 0.717) is 0 Å². The van der Waals surface area contributed by atoms with Crippen molar-refractivity contribution in [3.05, 3.63) is 63.7 Å². The van der Waals surface area contributed by atoms with Gasteiger partial charge in [0.15, 0.2) is 0 Å². The molecule has 0 spiro atoms. The lowest BCUT2D eigenvalue weighted by molar-refractivity contribution is -0.384. The SMILES string of the molecule is CC(Nc1cc(F)ccc1[N+](=O)[O-])c1ccc(O)cc1F. The number of hydrogen-bond acceptors (Lipinski definition) is 4. The first-order valence-electron chi connectivity index (χ1n) is 6.07. The Morgan fingerprint density at radius 1 is 1.24 bits per heavy atom. The molecule has 0 bridgehead atoms. The molecule has 0 aliphatic carbocycles. The zero-order chi connectivity index (χ0) is 15.6. The Hall–Kier alpha value is -2.70. The van der Waals surface area contributed by atoms with Crippen LogP contribution in [-0.4, -0.2) is 10.0 Å². The van der Waals surface area contributed by atoms with Crippen molar-refractivity contribution in [1.82, 2.24) is 0 Å². The summed E-state index contributed by atoms with van der Waals surface area (Å²) >= 11 is 0. The maximum Gasteiger partial charge on any atom is 0.292 e. The highest BCUT2D eigenvalue weighted by atomic mass is 19.1. The van der Waals surface area contributed by atoms with E-state index in [1.165, 1.54) is 12.1 Å². The lowest BCUT2D eigenvalue weighted by Gasteiger charge is -2.16. The number of benzene rings is 2. The van der Waals surface area contributed by atoms with Gasteiger partial charge in [-0.05, 0) is 19.1 Å². The van der Waals surface area contributed by atoms with Gasteiger partial charge in [0.2, 0.25) is 0 Å². The molecular formula is C14H12F2N2O3. The van der Waals surface area contributed by atoms with Crippen LogP contribution in [0.2, 0.25) is 0 Å². The van der Waals surface area contributed by atoms with Gasteiger partial charge in [-0.2, -0.15) is 0 Å². The van der Waals surface area contributed by atoms with Gasteiger partial charge in [0.25, 0.3) is 5.69 Å². The van der Waals surface area contributed by atoms with Crippen LogP contribution in [0, 0.1) is 21.7 Å². The summed E-state index contributed by atoms with van der Waals surface area (Å²) in [7, 11) is 0. The van der Waals surface area contributed by atoms with Crippen LogP contribution in [-0.2, 0) is 0 Å². The van der Waals surface area contributed by atoms with E-state index in [2.05, 4.69) is 5.32 Å². The maximum atomic E-state index is 13.7. The molecule has 0 fully saturated rings. The number of aromatic hydroxyl groups is 1. The fourth-order valence-corrected chi connectivity index (χ4v) is 1.96. The van der Waals surface area contributed by atoms with Crippen molar-refractivity contribution in [2.24, 2.45) is 0 Å². The van der Waals surface area contributed by atoms with Gasteiger partial charge in [-0.3, -0.25) is 10.1 Å². The minimum absolute atomic E-state index is 0.0417. The summed E-state index contributed by atoms with van der Waals surface area (Å²) in [5.41, 5.74) is -0.145. The van der Waals surface area contributed by atoms with Crippen LogP contribution in [0.3, 0.4) is 0 Å². The molecule has 1 atom stereocenters. The Balaban J connectivity index is 2.33. The minimum Gasteiger partial charge on any atom is -0.508 e. The van der Waals surface area contributed by atoms with Crippen molar-refractivity contribution in [3.63, 3.8) is 0 Å². The van der Waals surface area contributed by atoms with E-state index in [1.54, 1.807) is 6.92 Å². The fraction of sp³-hybridized carbons (Fsp3) is 0.143. The summed E-state index contributed by atoms with van der Waals surface area (Å²) in [5.74, 6) is -1.52. The number of halogens is 2. The summed E-state index contributed by atoms with van der Waals surface area (Å²) in [6.07, 6.45) is 0. The fourth-order valence-electron chi connectivity index (χ4n) is 1.96. The van der Waals surface area contributed by atoms with Gasteiger partial charge in [-0.25, -0.2) is 8.78 Å². The normalized spacial score (nSPS) is 12.0. The van der Waals surface area contributed by atoms with Crippen LogP contribution in [0.25, 0.3) is 0 Å². The zero-order valence-electron chi connectivity index (χ0n) is 11.0. The number of phenols is 1. The quantitative estimate of drug-likeness (QED) is 0.665. The number of hydrogen-bond donors (Lipinski definition) is 2. The molecule has 2 rings (SSSR count). The second kappa shape index (κ2) is 5.74. The molecule has 0 saturated carbocycles. The lowest BCUT2D eigenvalue weighted by Crippen LogP contribution is -2.10. The molecular weight excluding hydrogens is 282 g/mol. The summed E-state index contributed by atoms with van der Waals surface area (Å²) < 4.78 is 27.0. The Kier molecular flexibility index (Phi) is 4.02. The van der Waals surface area contributed by atoms with Gasteiger partial charge in [0.1, 0.15) is 23.1 Å². The second-order valence-corrected chi connectivity index (χ2v) is 4.49. The first-order valence-corrected chi connectivity index (χ1v) is 6.07. The maximum absolute atomic E-state index is 13.7. The van der Waals surface area contributed by atoms with Gasteiger partial charge >= 0.3 is 0 Å². The number of nitro groups is 1. The highest BCUT2D eigenvalue weighted by Gasteiger charge is 2.18. The molecule has 2 aromatic rings. The monoisotopic (exact) mass is 294 g/mol. The van der Waals surface area contributed by atoms with Gasteiger partial charge in [-0.1, -0.05) is 6.07 Å². The van der Waals surface area contributed by atoms with Crippen molar-refractivity contribution in [3.8, 4) is 5.75 Å². The first kappa shape index (κ1) is 14.7. The van der Waals surface area contributed by atoms with Crippen molar-refractivity contribution >= 4 is 11.4 Å². The molecule has 0 aliphatic rings. The summed E-state index contributed by atoms with van der Waals surface area (Å²) in [6.45, 7) is 1.57. The van der Waals surface area contributed by atoms with Crippen LogP contribution in [0.5, 0.6) is 5.75 Å². The minimum atomic E-state index is -0.658. The average Bonchev–Trinajstić information content (AvgIpc) is 2.37. The predicted octanol–water partition coefficient (Wildman–Crippen LogP) is 3.75. The van der Waals surface area contributed by atoms with Crippen LogP contribution >= 0.6 is 0 Å². The zero-order valence-corrected chi connectivity index (χ0v) is 11.0. The summed E-state index contributed by atoms with van der Waals surface area (Å²) in [6, 6.07) is 5.95. The summed E-state index contributed by atoms with van der Waals surface area (Å²) in [4.78, 5) is 10.2. The van der Waals surface area contributed by atoms with E-state index >= 15 is 0 Å². The van der Waals surface area contributed by atoms with Gasteiger partial charge in [0.05, 0.1) is 11.0 Å². The molecule has 0 amide bonds. The largest absolute Gasteiger partial charge is 0.508 e. The molecule has 21 heavy (non-hydrogen) atoms. The number of anilines is 1. The Labute approximate surface area is 119 Å². The van der Waals surface area contributed by atoms with Crippen LogP contribution in [0.4, 0.5) is 20.2 Å². The highest BCUT2D eigenvalue weighted by molar-refractivity contribution is 5.62. The molecule has 0 aliphatic heterocycles. The number of phenolic OH excluding ortho intramolecular Hbond substituents is 1. The molecule has 0 aromatic heterocycles. The molecule has 110 valence electrons. The summed E-state index contributed by atoms with van der Waals surface area (Å²) in [5, 5.41) is 22.8. The third-order valence-electron chi connectivity index (χ3n) is 2.98. The van der Waals surface area contributed by atoms with E-state index < -0.39 is 22.6 Å². The lowest BCUT2D eigenvalue weighted by atomic mass is 10.1. The van der Waals surface area contributed by atoms with Crippen LogP contribution in [0.15, 0.2) is 36.4 Å². The van der Waals surface area contributed by atoms with Gasteiger partial charge < -0.3 is 10.4 Å². The van der Waals surface area contributed by atoms with E-state index in [9.17, 15) is 18.9 Å². The van der Waals surface area contributed by atoms with Gasteiger partial charge in [0, 0.05) is 23.8 Å². The van der Waals surface area contributed by atoms with Crippen molar-refractivity contribution in [2.75, 3.05) is 5.32 Å². The molecule has 2 N–H and O–H groups in total. The smallest absolute Gasteiger partial charge is 0.292 e. The van der Waals surface area contributed by atoms with Crippen LogP contribution < -0.4 is 5.32 Å². The van der Waals surface area contributed by atoms with Crippen molar-refractivity contribution in [1.29, 1.82) is 0 Å². The molecule has 1 unspecified atom stereocenters. The predicted molar refractivity (Wildman–Crippen MR) is 73.2 cm³/mol. The number of nitrogens with one attached hydrogen (secondary N) is 1. The third kappa shape index (κ3) is 3.25. The van der Waals surface area contributed by atoms with E-state index in [0.717, 1.165) is 24.3 Å².